The smallest absolute Gasteiger partial charge is 0.305 e. The number of nitrogens with one attached hydrogen (secondary N) is 1. The Kier molecular flexibility index (Phi) is 7.26. The summed E-state index contributed by atoms with van der Waals surface area (Å²) in [6.45, 7) is 4.73. The summed E-state index contributed by atoms with van der Waals surface area (Å²) in [6, 6.07) is 0. The lowest BCUT2D eigenvalue weighted by molar-refractivity contribution is -0.144. The van der Waals surface area contributed by atoms with Gasteiger partial charge in [0.2, 0.25) is 0 Å². The number of rotatable bonds is 7. The second-order valence-corrected chi connectivity index (χ2v) is 3.50. The van der Waals surface area contributed by atoms with Crippen molar-refractivity contribution in [1.29, 1.82) is 5.41 Å². The molecule has 0 rings (SSSR count). The minimum Gasteiger partial charge on any atom is -0.466 e. The average Bonchev–Trinajstić information content (AvgIpc) is 2.04. The van der Waals surface area contributed by atoms with Crippen molar-refractivity contribution >= 4 is 12.2 Å². The van der Waals surface area contributed by atoms with Crippen molar-refractivity contribution in [2.24, 2.45) is 5.92 Å². The van der Waals surface area contributed by atoms with Crippen molar-refractivity contribution in [2.75, 3.05) is 6.61 Å². The molecule has 0 aromatic carbocycles. The van der Waals surface area contributed by atoms with Crippen LogP contribution in [-0.2, 0) is 9.53 Å². The van der Waals surface area contributed by atoms with Crippen molar-refractivity contribution in [2.45, 2.75) is 39.5 Å². The van der Waals surface area contributed by atoms with E-state index in [-0.39, 0.29) is 5.97 Å². The molecule has 0 bridgehead atoms. The summed E-state index contributed by atoms with van der Waals surface area (Å²) < 4.78 is 4.99. The Morgan fingerprint density at radius 1 is 1.54 bits per heavy atom. The molecule has 3 nitrogen and oxygen atoms in total. The predicted molar refractivity (Wildman–Crippen MR) is 53.0 cm³/mol. The van der Waals surface area contributed by atoms with Gasteiger partial charge in [-0.2, -0.15) is 0 Å². The fraction of sp³-hybridized carbons (Fsp3) is 0.800. The van der Waals surface area contributed by atoms with E-state index in [1.54, 1.807) is 0 Å². The molecular weight excluding hydrogens is 166 g/mol. The molecule has 0 aromatic heterocycles. The Hall–Kier alpha value is -0.860. The number of unbranched alkanes of at least 4 members (excludes halogenated alkanes) is 1. The SMILES string of the molecule is CC(C)CCOC(=O)CCCC=N. The van der Waals surface area contributed by atoms with Crippen LogP contribution in [0.2, 0.25) is 0 Å². The third-order valence-corrected chi connectivity index (χ3v) is 1.69. The summed E-state index contributed by atoms with van der Waals surface area (Å²) in [4.78, 5) is 11.0. The molecule has 0 saturated heterocycles. The fourth-order valence-corrected chi connectivity index (χ4v) is 0.829. The first kappa shape index (κ1) is 12.1. The summed E-state index contributed by atoms with van der Waals surface area (Å²) >= 11 is 0. The van der Waals surface area contributed by atoms with Crippen LogP contribution < -0.4 is 0 Å². The number of ether oxygens (including phenoxy) is 1. The molecule has 0 amide bonds. The zero-order valence-corrected chi connectivity index (χ0v) is 8.51. The predicted octanol–water partition coefficient (Wildman–Crippen LogP) is 2.40. The lowest BCUT2D eigenvalue weighted by Crippen LogP contribution is -2.07. The number of carbonyl (C=O) groups is 1. The minimum absolute atomic E-state index is 0.137. The van der Waals surface area contributed by atoms with Gasteiger partial charge in [0, 0.05) is 6.42 Å². The highest BCUT2D eigenvalue weighted by Crippen LogP contribution is 2.01. The van der Waals surface area contributed by atoms with Crippen LogP contribution in [0.5, 0.6) is 0 Å². The average molecular weight is 185 g/mol. The minimum atomic E-state index is -0.137. The molecule has 1 N–H and O–H groups in total. The molecule has 0 spiro atoms. The molecule has 0 heterocycles. The molecular formula is C10H19NO2. The normalized spacial score (nSPS) is 10.1. The van der Waals surface area contributed by atoms with Gasteiger partial charge in [-0.25, -0.2) is 0 Å². The van der Waals surface area contributed by atoms with Gasteiger partial charge < -0.3 is 10.1 Å². The van der Waals surface area contributed by atoms with Gasteiger partial charge in [-0.15, -0.1) is 0 Å². The molecule has 0 aliphatic carbocycles. The molecule has 0 aromatic rings. The molecule has 0 aliphatic heterocycles. The Bertz CT molecular complexity index is 155. The highest BCUT2D eigenvalue weighted by atomic mass is 16.5. The number of hydrogen-bond donors (Lipinski definition) is 1. The van der Waals surface area contributed by atoms with Gasteiger partial charge in [0.05, 0.1) is 6.61 Å². The van der Waals surface area contributed by atoms with Crippen LogP contribution in [0.4, 0.5) is 0 Å². The third kappa shape index (κ3) is 9.05. The van der Waals surface area contributed by atoms with E-state index in [1.165, 1.54) is 6.21 Å². The molecule has 3 heteroatoms. The van der Waals surface area contributed by atoms with Crippen LogP contribution in [0.15, 0.2) is 0 Å². The molecule has 0 aliphatic rings. The van der Waals surface area contributed by atoms with Gasteiger partial charge in [-0.3, -0.25) is 4.79 Å². The first-order chi connectivity index (χ1) is 6.16. The maximum Gasteiger partial charge on any atom is 0.305 e. The topological polar surface area (TPSA) is 50.2 Å². The third-order valence-electron chi connectivity index (χ3n) is 1.69. The monoisotopic (exact) mass is 185 g/mol. The largest absolute Gasteiger partial charge is 0.466 e. The molecule has 0 fully saturated rings. The van der Waals surface area contributed by atoms with Crippen LogP contribution in [0.25, 0.3) is 0 Å². The van der Waals surface area contributed by atoms with E-state index in [9.17, 15) is 4.79 Å². The zero-order chi connectivity index (χ0) is 10.1. The van der Waals surface area contributed by atoms with Gasteiger partial charge >= 0.3 is 5.97 Å². The molecule has 0 atom stereocenters. The van der Waals surface area contributed by atoms with Crippen molar-refractivity contribution in [3.05, 3.63) is 0 Å². The van der Waals surface area contributed by atoms with E-state index in [0.717, 1.165) is 12.8 Å². The summed E-state index contributed by atoms with van der Waals surface area (Å²) in [5.74, 6) is 0.442. The van der Waals surface area contributed by atoms with Gasteiger partial charge in [0.15, 0.2) is 0 Å². The van der Waals surface area contributed by atoms with Crippen LogP contribution in [0.3, 0.4) is 0 Å². The number of hydrogen-bond acceptors (Lipinski definition) is 3. The van der Waals surface area contributed by atoms with Crippen LogP contribution in [0, 0.1) is 11.3 Å². The first-order valence-corrected chi connectivity index (χ1v) is 4.81. The highest BCUT2D eigenvalue weighted by molar-refractivity contribution is 5.69. The van der Waals surface area contributed by atoms with Crippen LogP contribution >= 0.6 is 0 Å². The van der Waals surface area contributed by atoms with Gasteiger partial charge in [0.25, 0.3) is 0 Å². The highest BCUT2D eigenvalue weighted by Gasteiger charge is 2.02. The van der Waals surface area contributed by atoms with Gasteiger partial charge in [-0.05, 0) is 31.4 Å². The molecule has 13 heavy (non-hydrogen) atoms. The van der Waals surface area contributed by atoms with E-state index in [2.05, 4.69) is 13.8 Å². The lowest BCUT2D eigenvalue weighted by atomic mass is 10.1. The van der Waals surface area contributed by atoms with E-state index in [4.69, 9.17) is 10.1 Å². The standard InChI is InChI=1S/C10H19NO2/c1-9(2)6-8-13-10(12)5-3-4-7-11/h7,9,11H,3-6,8H2,1-2H3. The van der Waals surface area contributed by atoms with E-state index < -0.39 is 0 Å². The summed E-state index contributed by atoms with van der Waals surface area (Å²) in [5.41, 5.74) is 0. The summed E-state index contributed by atoms with van der Waals surface area (Å²) in [7, 11) is 0. The lowest BCUT2D eigenvalue weighted by Gasteiger charge is -2.05. The van der Waals surface area contributed by atoms with Crippen LogP contribution in [-0.4, -0.2) is 18.8 Å². The molecule has 76 valence electrons. The van der Waals surface area contributed by atoms with E-state index in [0.29, 0.717) is 25.4 Å². The van der Waals surface area contributed by atoms with Crippen molar-refractivity contribution in [3.63, 3.8) is 0 Å². The summed E-state index contributed by atoms with van der Waals surface area (Å²) in [6.07, 6.45) is 4.08. The number of carbonyl (C=O) groups excluding carboxylic acids is 1. The first-order valence-electron chi connectivity index (χ1n) is 4.81. The van der Waals surface area contributed by atoms with Gasteiger partial charge in [-0.1, -0.05) is 13.8 Å². The van der Waals surface area contributed by atoms with Crippen molar-refractivity contribution in [1.82, 2.24) is 0 Å². The second-order valence-electron chi connectivity index (χ2n) is 3.50. The Morgan fingerprint density at radius 2 is 2.23 bits per heavy atom. The Labute approximate surface area is 80.0 Å². The molecule has 0 radical (unpaired) electrons. The van der Waals surface area contributed by atoms with Crippen molar-refractivity contribution < 1.29 is 9.53 Å². The van der Waals surface area contributed by atoms with Crippen LogP contribution in [0.1, 0.15) is 39.5 Å². The molecule has 0 saturated carbocycles. The quantitative estimate of drug-likeness (QED) is 0.376. The van der Waals surface area contributed by atoms with Gasteiger partial charge in [0.1, 0.15) is 0 Å². The zero-order valence-electron chi connectivity index (χ0n) is 8.51. The Morgan fingerprint density at radius 3 is 2.77 bits per heavy atom. The fourth-order valence-electron chi connectivity index (χ4n) is 0.829. The van der Waals surface area contributed by atoms with E-state index in [1.807, 2.05) is 0 Å². The maximum absolute atomic E-state index is 11.0. The summed E-state index contributed by atoms with van der Waals surface area (Å²) in [5, 5.41) is 6.76. The molecule has 0 unspecified atom stereocenters. The Balaban J connectivity index is 3.25. The van der Waals surface area contributed by atoms with Crippen molar-refractivity contribution in [3.8, 4) is 0 Å². The second kappa shape index (κ2) is 7.77. The maximum atomic E-state index is 11.0. The van der Waals surface area contributed by atoms with E-state index >= 15 is 0 Å². The number of esters is 1.